The molecule has 1 N–H and O–H groups in total. The number of ether oxygens (including phenoxy) is 1. The average molecular weight is 209 g/mol. The van der Waals surface area contributed by atoms with Gasteiger partial charge in [0.2, 0.25) is 0 Å². The van der Waals surface area contributed by atoms with Crippen molar-refractivity contribution in [3.63, 3.8) is 0 Å². The van der Waals surface area contributed by atoms with Gasteiger partial charge in [-0.3, -0.25) is 0 Å². The van der Waals surface area contributed by atoms with Gasteiger partial charge in [0.25, 0.3) is 0 Å². The van der Waals surface area contributed by atoms with Crippen molar-refractivity contribution in [2.45, 2.75) is 33.3 Å². The first-order valence-corrected chi connectivity index (χ1v) is 5.28. The van der Waals surface area contributed by atoms with Crippen molar-refractivity contribution in [2.24, 2.45) is 0 Å². The Labute approximate surface area is 91.1 Å². The second-order valence-electron chi connectivity index (χ2n) is 3.72. The van der Waals surface area contributed by atoms with Crippen LogP contribution in [0, 0.1) is 0 Å². The van der Waals surface area contributed by atoms with E-state index in [9.17, 15) is 0 Å². The Morgan fingerprint density at radius 1 is 1.40 bits per heavy atom. The summed E-state index contributed by atoms with van der Waals surface area (Å²) in [4.78, 5) is 8.86. The van der Waals surface area contributed by atoms with Crippen molar-refractivity contribution in [1.29, 1.82) is 0 Å². The van der Waals surface area contributed by atoms with Crippen molar-refractivity contribution < 1.29 is 4.74 Å². The largest absolute Gasteiger partial charge is 0.378 e. The molecule has 0 aliphatic heterocycles. The van der Waals surface area contributed by atoms with Gasteiger partial charge in [0.05, 0.1) is 12.3 Å². The maximum absolute atomic E-state index is 5.08. The predicted molar refractivity (Wildman–Crippen MR) is 61.0 cm³/mol. The van der Waals surface area contributed by atoms with E-state index in [0.29, 0.717) is 12.5 Å². The first kappa shape index (κ1) is 11.9. The van der Waals surface area contributed by atoms with E-state index in [4.69, 9.17) is 4.74 Å². The summed E-state index contributed by atoms with van der Waals surface area (Å²) in [7, 11) is 1.67. The van der Waals surface area contributed by atoms with Crippen LogP contribution in [0.25, 0.3) is 0 Å². The Morgan fingerprint density at radius 2 is 2.13 bits per heavy atom. The number of nitrogens with one attached hydrogen (secondary N) is 1. The Balaban J connectivity index is 2.97. The number of aromatic nitrogens is 2. The highest BCUT2D eigenvalue weighted by atomic mass is 16.5. The lowest BCUT2D eigenvalue weighted by Crippen LogP contribution is -2.07. The summed E-state index contributed by atoms with van der Waals surface area (Å²) >= 11 is 0. The molecule has 0 atom stereocenters. The summed E-state index contributed by atoms with van der Waals surface area (Å²) in [5.41, 5.74) is 0.923. The Bertz CT molecular complexity index is 288. The van der Waals surface area contributed by atoms with Crippen LogP contribution >= 0.6 is 0 Å². The molecule has 1 heterocycles. The van der Waals surface area contributed by atoms with Crippen molar-refractivity contribution in [1.82, 2.24) is 9.97 Å². The van der Waals surface area contributed by atoms with E-state index in [2.05, 4.69) is 29.1 Å². The number of hydrogen-bond acceptors (Lipinski definition) is 4. The summed E-state index contributed by atoms with van der Waals surface area (Å²) < 4.78 is 5.08. The Morgan fingerprint density at radius 3 is 2.67 bits per heavy atom. The van der Waals surface area contributed by atoms with Crippen molar-refractivity contribution in [3.05, 3.63) is 17.6 Å². The standard InChI is InChI=1S/C11H19N3O/c1-5-12-10-6-9(7-15-4)13-11(14-10)8(2)3/h6,8H,5,7H2,1-4H3,(H,12,13,14). The molecule has 0 saturated heterocycles. The Kier molecular flexibility index (Phi) is 4.49. The number of nitrogens with zero attached hydrogens (tertiary/aromatic N) is 2. The summed E-state index contributed by atoms with van der Waals surface area (Å²) in [5, 5.41) is 3.19. The van der Waals surface area contributed by atoms with Gasteiger partial charge in [-0.1, -0.05) is 13.8 Å². The first-order valence-electron chi connectivity index (χ1n) is 5.28. The van der Waals surface area contributed by atoms with Crippen LogP contribution in [0.1, 0.15) is 38.2 Å². The van der Waals surface area contributed by atoms with Crippen LogP contribution in [0.4, 0.5) is 5.82 Å². The second kappa shape index (κ2) is 5.66. The van der Waals surface area contributed by atoms with Crippen LogP contribution in [0.2, 0.25) is 0 Å². The number of rotatable bonds is 5. The summed E-state index contributed by atoms with van der Waals surface area (Å²) in [6, 6.07) is 1.93. The molecule has 0 fully saturated rings. The van der Waals surface area contributed by atoms with E-state index in [1.54, 1.807) is 7.11 Å². The van der Waals surface area contributed by atoms with Gasteiger partial charge in [-0.25, -0.2) is 9.97 Å². The summed E-state index contributed by atoms with van der Waals surface area (Å²) in [6.45, 7) is 7.61. The predicted octanol–water partition coefficient (Wildman–Crippen LogP) is 2.18. The molecular weight excluding hydrogens is 190 g/mol. The Hall–Kier alpha value is -1.16. The molecule has 1 aromatic heterocycles. The van der Waals surface area contributed by atoms with Gasteiger partial charge in [0.15, 0.2) is 0 Å². The molecule has 0 radical (unpaired) electrons. The van der Waals surface area contributed by atoms with E-state index < -0.39 is 0 Å². The third-order valence-electron chi connectivity index (χ3n) is 1.96. The fourth-order valence-corrected chi connectivity index (χ4v) is 1.27. The molecule has 0 bridgehead atoms. The number of anilines is 1. The van der Waals surface area contributed by atoms with Gasteiger partial charge >= 0.3 is 0 Å². The molecule has 4 heteroatoms. The third kappa shape index (κ3) is 3.47. The summed E-state index contributed by atoms with van der Waals surface area (Å²) in [5.74, 6) is 2.07. The monoisotopic (exact) mass is 209 g/mol. The SMILES string of the molecule is CCNc1cc(COC)nc(C(C)C)n1. The van der Waals surface area contributed by atoms with Crippen molar-refractivity contribution in [2.75, 3.05) is 19.0 Å². The quantitative estimate of drug-likeness (QED) is 0.807. The van der Waals surface area contributed by atoms with Crippen LogP contribution < -0.4 is 5.32 Å². The highest BCUT2D eigenvalue weighted by Crippen LogP contribution is 2.14. The van der Waals surface area contributed by atoms with Gasteiger partial charge in [-0.05, 0) is 6.92 Å². The number of hydrogen-bond donors (Lipinski definition) is 1. The molecule has 4 nitrogen and oxygen atoms in total. The zero-order valence-electron chi connectivity index (χ0n) is 9.87. The molecule has 0 aromatic carbocycles. The molecule has 0 unspecified atom stereocenters. The fraction of sp³-hybridized carbons (Fsp3) is 0.636. The zero-order valence-corrected chi connectivity index (χ0v) is 9.87. The highest BCUT2D eigenvalue weighted by Gasteiger charge is 2.07. The zero-order chi connectivity index (χ0) is 11.3. The number of methoxy groups -OCH3 is 1. The van der Waals surface area contributed by atoms with E-state index >= 15 is 0 Å². The van der Waals surface area contributed by atoms with Crippen LogP contribution in [0.5, 0.6) is 0 Å². The molecule has 0 aliphatic rings. The topological polar surface area (TPSA) is 47.0 Å². The minimum absolute atomic E-state index is 0.333. The minimum Gasteiger partial charge on any atom is -0.378 e. The molecule has 1 rings (SSSR count). The van der Waals surface area contributed by atoms with Crippen LogP contribution in [0.15, 0.2) is 6.07 Å². The maximum atomic E-state index is 5.08. The maximum Gasteiger partial charge on any atom is 0.133 e. The van der Waals surface area contributed by atoms with E-state index in [-0.39, 0.29) is 0 Å². The molecule has 1 aromatic rings. The van der Waals surface area contributed by atoms with E-state index in [1.165, 1.54) is 0 Å². The van der Waals surface area contributed by atoms with E-state index in [0.717, 1.165) is 23.9 Å². The first-order chi connectivity index (χ1) is 7.17. The molecule has 0 spiro atoms. The highest BCUT2D eigenvalue weighted by molar-refractivity contribution is 5.36. The minimum atomic E-state index is 0.333. The smallest absolute Gasteiger partial charge is 0.133 e. The molecular formula is C11H19N3O. The third-order valence-corrected chi connectivity index (χ3v) is 1.96. The lowest BCUT2D eigenvalue weighted by atomic mass is 10.2. The normalized spacial score (nSPS) is 10.7. The van der Waals surface area contributed by atoms with Crippen LogP contribution in [-0.2, 0) is 11.3 Å². The molecule has 84 valence electrons. The summed E-state index contributed by atoms with van der Waals surface area (Å²) in [6.07, 6.45) is 0. The van der Waals surface area contributed by atoms with Gasteiger partial charge < -0.3 is 10.1 Å². The van der Waals surface area contributed by atoms with Gasteiger partial charge in [0.1, 0.15) is 11.6 Å². The van der Waals surface area contributed by atoms with E-state index in [1.807, 2.05) is 13.0 Å². The fourth-order valence-electron chi connectivity index (χ4n) is 1.27. The van der Waals surface area contributed by atoms with Crippen LogP contribution in [0.3, 0.4) is 0 Å². The van der Waals surface area contributed by atoms with Crippen molar-refractivity contribution in [3.8, 4) is 0 Å². The van der Waals surface area contributed by atoms with Gasteiger partial charge in [0, 0.05) is 25.6 Å². The van der Waals surface area contributed by atoms with Gasteiger partial charge in [-0.2, -0.15) is 0 Å². The molecule has 0 amide bonds. The lowest BCUT2D eigenvalue weighted by molar-refractivity contribution is 0.181. The van der Waals surface area contributed by atoms with Gasteiger partial charge in [-0.15, -0.1) is 0 Å². The second-order valence-corrected chi connectivity index (χ2v) is 3.72. The molecule has 0 saturated carbocycles. The van der Waals surface area contributed by atoms with Crippen LogP contribution in [-0.4, -0.2) is 23.6 Å². The van der Waals surface area contributed by atoms with Crippen molar-refractivity contribution >= 4 is 5.82 Å². The molecule has 0 aliphatic carbocycles. The lowest BCUT2D eigenvalue weighted by Gasteiger charge is -2.10. The average Bonchev–Trinajstić information content (AvgIpc) is 2.18. The molecule has 15 heavy (non-hydrogen) atoms.